The van der Waals surface area contributed by atoms with Crippen molar-refractivity contribution in [3.05, 3.63) is 28.8 Å². The number of hydrogen-bond donors (Lipinski definition) is 3. The number of aliphatic hydroxyl groups is 1. The molecule has 0 saturated heterocycles. The van der Waals surface area contributed by atoms with Gasteiger partial charge in [-0.15, -0.1) is 0 Å². The van der Waals surface area contributed by atoms with Crippen LogP contribution in [0.15, 0.2) is 12.1 Å². The molecule has 170 valence electrons. The van der Waals surface area contributed by atoms with Crippen molar-refractivity contribution in [1.29, 1.82) is 0 Å². The van der Waals surface area contributed by atoms with Crippen molar-refractivity contribution in [2.45, 2.75) is 70.6 Å². The van der Waals surface area contributed by atoms with Crippen LogP contribution in [0.1, 0.15) is 61.0 Å². The van der Waals surface area contributed by atoms with E-state index in [1.807, 2.05) is 0 Å². The molecule has 3 N–H and O–H groups in total. The number of ether oxygens (including phenoxy) is 1. The fraction of sp³-hybridized carbons (Fsp3) is 0.619. The van der Waals surface area contributed by atoms with E-state index >= 15 is 0 Å². The predicted octanol–water partition coefficient (Wildman–Crippen LogP) is 1.45. The van der Waals surface area contributed by atoms with Gasteiger partial charge in [0.05, 0.1) is 18.8 Å². The van der Waals surface area contributed by atoms with Gasteiger partial charge in [0, 0.05) is 18.4 Å². The van der Waals surface area contributed by atoms with Gasteiger partial charge in [-0.25, -0.2) is 13.6 Å². The highest BCUT2D eigenvalue weighted by Crippen LogP contribution is 2.36. The number of esters is 1. The van der Waals surface area contributed by atoms with E-state index in [9.17, 15) is 28.5 Å². The normalized spacial score (nSPS) is 19.6. The fourth-order valence-corrected chi connectivity index (χ4v) is 4.04. The molecule has 1 aliphatic carbocycles. The second kappa shape index (κ2) is 8.84. The van der Waals surface area contributed by atoms with Crippen LogP contribution in [0.4, 0.5) is 8.78 Å². The summed E-state index contributed by atoms with van der Waals surface area (Å²) < 4.78 is 37.0. The molecule has 0 radical (unpaired) electrons. The van der Waals surface area contributed by atoms with Gasteiger partial charge in [-0.1, -0.05) is 6.07 Å². The summed E-state index contributed by atoms with van der Waals surface area (Å²) in [5, 5.41) is 22.9. The molecule has 1 saturated carbocycles. The number of halogens is 2. The molecule has 1 atom stereocenters. The Kier molecular flexibility index (Phi) is 6.74. The number of carbonyl (C=O) groups excluding carboxylic acids is 2. The Morgan fingerprint density at radius 1 is 1.35 bits per heavy atom. The van der Waals surface area contributed by atoms with E-state index in [2.05, 4.69) is 5.32 Å². The smallest absolute Gasteiger partial charge is 0.464 e. The van der Waals surface area contributed by atoms with Gasteiger partial charge in [0.1, 0.15) is 0 Å². The molecule has 0 spiro atoms. The third-order valence-electron chi connectivity index (χ3n) is 6.01. The van der Waals surface area contributed by atoms with Crippen molar-refractivity contribution in [3.63, 3.8) is 0 Å². The maximum Gasteiger partial charge on any atom is 0.492 e. The summed E-state index contributed by atoms with van der Waals surface area (Å²) in [6.45, 7) is 4.60. The number of rotatable bonds is 6. The quantitative estimate of drug-likeness (QED) is 0.458. The molecule has 0 aromatic heterocycles. The zero-order chi connectivity index (χ0) is 23.0. The van der Waals surface area contributed by atoms with Crippen molar-refractivity contribution in [3.8, 4) is 0 Å². The second-order valence-corrected chi connectivity index (χ2v) is 8.96. The van der Waals surface area contributed by atoms with Crippen LogP contribution in [0.2, 0.25) is 0 Å². The highest BCUT2D eigenvalue weighted by molar-refractivity contribution is 6.62. The van der Waals surface area contributed by atoms with Gasteiger partial charge in [-0.05, 0) is 62.2 Å². The van der Waals surface area contributed by atoms with E-state index in [0.29, 0.717) is 11.0 Å². The van der Waals surface area contributed by atoms with E-state index in [4.69, 9.17) is 9.39 Å². The van der Waals surface area contributed by atoms with Gasteiger partial charge in [0.25, 0.3) is 5.91 Å². The summed E-state index contributed by atoms with van der Waals surface area (Å²) in [7, 11) is -1.12. The minimum absolute atomic E-state index is 0.0429. The first kappa shape index (κ1) is 23.6. The second-order valence-electron chi connectivity index (χ2n) is 8.96. The molecular weight excluding hydrogens is 411 g/mol. The Morgan fingerprint density at radius 2 is 2.00 bits per heavy atom. The Morgan fingerprint density at radius 3 is 2.61 bits per heavy atom. The lowest BCUT2D eigenvalue weighted by molar-refractivity contribution is -0.154. The SMILES string of the molecule is Cc1c(C(=O)N[C@H](C(=O)OCC2CCC(F)(F)CC2)C(C)(C)O)ccc2c1B(O)OC2. The Balaban J connectivity index is 1.67. The van der Waals surface area contributed by atoms with E-state index in [-0.39, 0.29) is 50.4 Å². The lowest BCUT2D eigenvalue weighted by Gasteiger charge is -2.31. The average molecular weight is 439 g/mol. The number of nitrogens with one attached hydrogen (secondary N) is 1. The lowest BCUT2D eigenvalue weighted by Crippen LogP contribution is -2.55. The van der Waals surface area contributed by atoms with Gasteiger partial charge in [0.2, 0.25) is 5.92 Å². The number of alkyl halides is 2. The summed E-state index contributed by atoms with van der Waals surface area (Å²) >= 11 is 0. The van der Waals surface area contributed by atoms with Crippen molar-refractivity contribution in [2.24, 2.45) is 5.92 Å². The van der Waals surface area contributed by atoms with Gasteiger partial charge < -0.3 is 24.8 Å². The Labute approximate surface area is 180 Å². The number of fused-ring (bicyclic) bond motifs is 1. The summed E-state index contributed by atoms with van der Waals surface area (Å²) in [5.74, 6) is -4.29. The van der Waals surface area contributed by atoms with Crippen LogP contribution in [-0.4, -0.2) is 53.3 Å². The van der Waals surface area contributed by atoms with Crippen LogP contribution in [0.25, 0.3) is 0 Å². The first-order chi connectivity index (χ1) is 14.4. The molecule has 3 rings (SSSR count). The number of carbonyl (C=O) groups is 2. The lowest BCUT2D eigenvalue weighted by atomic mass is 9.75. The average Bonchev–Trinajstić information content (AvgIpc) is 3.06. The molecule has 0 bridgehead atoms. The van der Waals surface area contributed by atoms with Gasteiger partial charge in [-0.3, -0.25) is 4.79 Å². The van der Waals surface area contributed by atoms with Crippen molar-refractivity contribution in [2.75, 3.05) is 6.61 Å². The molecule has 1 aromatic rings. The van der Waals surface area contributed by atoms with Crippen molar-refractivity contribution < 1.29 is 37.9 Å². The fourth-order valence-electron chi connectivity index (χ4n) is 4.04. The molecule has 31 heavy (non-hydrogen) atoms. The van der Waals surface area contributed by atoms with Gasteiger partial charge in [-0.2, -0.15) is 0 Å². The minimum atomic E-state index is -2.67. The van der Waals surface area contributed by atoms with Crippen LogP contribution in [0.3, 0.4) is 0 Å². The third kappa shape index (κ3) is 5.42. The first-order valence-electron chi connectivity index (χ1n) is 10.4. The summed E-state index contributed by atoms with van der Waals surface area (Å²) in [5.41, 5.74) is 0.424. The molecule has 7 nitrogen and oxygen atoms in total. The predicted molar refractivity (Wildman–Crippen MR) is 109 cm³/mol. The van der Waals surface area contributed by atoms with Crippen LogP contribution >= 0.6 is 0 Å². The largest absolute Gasteiger partial charge is 0.492 e. The molecule has 2 aliphatic rings. The van der Waals surface area contributed by atoms with Crippen LogP contribution < -0.4 is 10.8 Å². The van der Waals surface area contributed by atoms with E-state index in [1.165, 1.54) is 13.8 Å². The Bertz CT molecular complexity index is 847. The topological polar surface area (TPSA) is 105 Å². The zero-order valence-corrected chi connectivity index (χ0v) is 17.9. The molecular formula is C21H28BF2NO6. The number of amides is 1. The summed E-state index contributed by atoms with van der Waals surface area (Å²) in [6.07, 6.45) is 0.0131. The summed E-state index contributed by atoms with van der Waals surface area (Å²) in [4.78, 5) is 25.5. The molecule has 1 fully saturated rings. The van der Waals surface area contributed by atoms with Gasteiger partial charge in [0.15, 0.2) is 6.04 Å². The number of benzene rings is 1. The van der Waals surface area contributed by atoms with Crippen LogP contribution in [0, 0.1) is 12.8 Å². The van der Waals surface area contributed by atoms with Gasteiger partial charge >= 0.3 is 13.1 Å². The van der Waals surface area contributed by atoms with Crippen LogP contribution in [-0.2, 0) is 20.8 Å². The molecule has 10 heteroatoms. The molecule has 1 aliphatic heterocycles. The molecule has 0 unspecified atom stereocenters. The minimum Gasteiger partial charge on any atom is -0.464 e. The standard InChI is InChI=1S/C21H28BF2NO6/c1-12-15(5-4-14-11-31-22(29)16(12)14)18(26)25-17(20(2,3)28)19(27)30-10-13-6-8-21(23,24)9-7-13/h4-5,13,17,28-29H,6-11H2,1-3H3,(H,25,26)/t17-/m1/s1. The van der Waals surface area contributed by atoms with E-state index < -0.39 is 36.6 Å². The highest BCUT2D eigenvalue weighted by Gasteiger charge is 2.39. The highest BCUT2D eigenvalue weighted by atomic mass is 19.3. The molecule has 1 aromatic carbocycles. The zero-order valence-electron chi connectivity index (χ0n) is 17.9. The first-order valence-corrected chi connectivity index (χ1v) is 10.4. The number of hydrogen-bond acceptors (Lipinski definition) is 6. The third-order valence-corrected chi connectivity index (χ3v) is 6.01. The van der Waals surface area contributed by atoms with Crippen molar-refractivity contribution >= 4 is 24.5 Å². The van der Waals surface area contributed by atoms with E-state index in [1.54, 1.807) is 19.1 Å². The summed E-state index contributed by atoms with van der Waals surface area (Å²) in [6, 6.07) is 1.88. The maximum atomic E-state index is 13.3. The molecule has 1 heterocycles. The monoisotopic (exact) mass is 439 g/mol. The van der Waals surface area contributed by atoms with E-state index in [0.717, 1.165) is 5.56 Å². The maximum absolute atomic E-state index is 13.3. The van der Waals surface area contributed by atoms with Crippen LogP contribution in [0.5, 0.6) is 0 Å². The Hall–Kier alpha value is -2.04. The van der Waals surface area contributed by atoms with Crippen molar-refractivity contribution in [1.82, 2.24) is 5.32 Å². The molecule has 1 amide bonds.